The second kappa shape index (κ2) is 13.4. The van der Waals surface area contributed by atoms with Gasteiger partial charge in [-0.1, -0.05) is 11.6 Å². The number of benzene rings is 1. The normalized spacial score (nSPS) is 16.9. The van der Waals surface area contributed by atoms with Crippen molar-refractivity contribution in [3.05, 3.63) is 74.4 Å². The Kier molecular flexibility index (Phi) is 9.28. The number of aromatic carboxylic acids is 1. The molecule has 0 unspecified atom stereocenters. The summed E-state index contributed by atoms with van der Waals surface area (Å²) >= 11 is 7.62. The molecule has 1 N–H and O–H groups in total. The number of hydrogen-bond acceptors (Lipinski definition) is 10. The number of thiophene rings is 1. The first kappa shape index (κ1) is 33.2. The van der Waals surface area contributed by atoms with Crippen LogP contribution in [0.2, 0.25) is 5.02 Å². The predicted molar refractivity (Wildman–Crippen MR) is 180 cm³/mol. The van der Waals surface area contributed by atoms with Crippen molar-refractivity contribution in [2.24, 2.45) is 0 Å². The molecule has 0 radical (unpaired) electrons. The van der Waals surface area contributed by atoms with Gasteiger partial charge >= 0.3 is 5.97 Å². The number of nitrogens with zero attached hydrogens (tertiary/aromatic N) is 7. The summed E-state index contributed by atoms with van der Waals surface area (Å²) in [5.74, 6) is 0.122. The molecule has 5 heterocycles. The molecule has 2 atom stereocenters. The van der Waals surface area contributed by atoms with Gasteiger partial charge in [-0.15, -0.1) is 11.3 Å². The number of ether oxygens (including phenoxy) is 1. The van der Waals surface area contributed by atoms with Crippen molar-refractivity contribution in [1.82, 2.24) is 24.4 Å². The summed E-state index contributed by atoms with van der Waals surface area (Å²) in [4.78, 5) is 42.6. The van der Waals surface area contributed by atoms with Gasteiger partial charge in [0.2, 0.25) is 0 Å². The number of anilines is 1. The third-order valence-electron chi connectivity index (χ3n) is 8.52. The fraction of sp³-hybridized carbons (Fsp3) is 0.333. The van der Waals surface area contributed by atoms with E-state index in [0.717, 1.165) is 0 Å². The Morgan fingerprint density at radius 3 is 2.65 bits per heavy atom. The molecule has 4 aromatic heterocycles. The van der Waals surface area contributed by atoms with E-state index < -0.39 is 18.0 Å². The maximum absolute atomic E-state index is 14.0. The van der Waals surface area contributed by atoms with Crippen LogP contribution in [0, 0.1) is 18.3 Å². The summed E-state index contributed by atoms with van der Waals surface area (Å²) in [5, 5.41) is 22.0. The Labute approximate surface area is 282 Å². The van der Waals surface area contributed by atoms with E-state index in [1.165, 1.54) is 28.3 Å². The molecule has 1 fully saturated rings. The number of aryl methyl sites for hydroxylation is 1. The number of halogens is 3. The quantitative estimate of drug-likeness (QED) is 0.200. The van der Waals surface area contributed by atoms with E-state index in [1.807, 2.05) is 18.7 Å². The van der Waals surface area contributed by atoms with Crippen LogP contribution in [0.25, 0.3) is 32.2 Å². The number of piperazine rings is 1. The first-order chi connectivity index (χ1) is 23.0. The summed E-state index contributed by atoms with van der Waals surface area (Å²) < 4.78 is 34.7. The van der Waals surface area contributed by atoms with Gasteiger partial charge in [-0.05, 0) is 45.0 Å². The van der Waals surface area contributed by atoms with Crippen molar-refractivity contribution in [3.8, 4) is 22.9 Å². The average molecular weight is 694 g/mol. The van der Waals surface area contributed by atoms with Crippen LogP contribution < -0.4 is 15.2 Å². The lowest BCUT2D eigenvalue weighted by atomic mass is 10.0. The molecule has 1 aliphatic rings. The third kappa shape index (κ3) is 6.16. The van der Waals surface area contributed by atoms with Crippen molar-refractivity contribution >= 4 is 55.8 Å². The van der Waals surface area contributed by atoms with Crippen molar-refractivity contribution in [1.29, 1.82) is 5.26 Å². The van der Waals surface area contributed by atoms with Crippen molar-refractivity contribution < 1.29 is 23.4 Å². The number of nitriles is 1. The predicted octanol–water partition coefficient (Wildman–Crippen LogP) is 5.84. The van der Waals surface area contributed by atoms with Crippen molar-refractivity contribution in [3.63, 3.8) is 0 Å². The molecule has 0 saturated carbocycles. The zero-order chi connectivity index (χ0) is 34.3. The summed E-state index contributed by atoms with van der Waals surface area (Å²) in [7, 11) is 0. The number of carboxylic acids is 1. The van der Waals surface area contributed by atoms with Gasteiger partial charge < -0.3 is 14.7 Å². The SMILES string of the molecule is Cc1nc2cnc(N3C[C@@H](C)N(CC(F)F)[C@@H](C)C3)c(C#N)c2c(=O)n1CCOc1ccc(Cl)cc1-c1ccnc2c(C(=O)O)csc12. The molecular weight excluding hydrogens is 664 g/mol. The Bertz CT molecular complexity index is 2140. The third-order valence-corrected chi connectivity index (χ3v) is 9.76. The van der Waals surface area contributed by atoms with E-state index in [9.17, 15) is 28.7 Å². The second-order valence-electron chi connectivity index (χ2n) is 11.6. The molecule has 0 spiro atoms. The lowest BCUT2D eigenvalue weighted by Gasteiger charge is -2.44. The number of carboxylic acid groups (broad SMARTS) is 1. The van der Waals surface area contributed by atoms with Crippen LogP contribution >= 0.6 is 22.9 Å². The van der Waals surface area contributed by atoms with Gasteiger partial charge in [0.15, 0.2) is 0 Å². The highest BCUT2D eigenvalue weighted by Gasteiger charge is 2.33. The first-order valence-electron chi connectivity index (χ1n) is 15.1. The van der Waals surface area contributed by atoms with E-state index >= 15 is 0 Å². The molecule has 0 amide bonds. The number of rotatable bonds is 9. The van der Waals surface area contributed by atoms with E-state index in [2.05, 4.69) is 21.0 Å². The highest BCUT2D eigenvalue weighted by atomic mass is 35.5. The van der Waals surface area contributed by atoms with Gasteiger partial charge in [0.05, 0.1) is 46.0 Å². The maximum Gasteiger partial charge on any atom is 0.338 e. The van der Waals surface area contributed by atoms with E-state index in [0.29, 0.717) is 56.8 Å². The molecule has 5 aromatic rings. The molecular formula is C33H30ClF2N7O4S. The number of aromatic nitrogens is 4. The lowest BCUT2D eigenvalue weighted by Crippen LogP contribution is -2.58. The first-order valence-corrected chi connectivity index (χ1v) is 16.4. The molecule has 0 aliphatic carbocycles. The van der Waals surface area contributed by atoms with E-state index in [-0.39, 0.29) is 53.8 Å². The number of carbonyl (C=O) groups is 1. The summed E-state index contributed by atoms with van der Waals surface area (Å²) in [6, 6.07) is 8.58. The highest BCUT2D eigenvalue weighted by molar-refractivity contribution is 7.18. The van der Waals surface area contributed by atoms with Crippen LogP contribution in [0.5, 0.6) is 5.75 Å². The van der Waals surface area contributed by atoms with Gasteiger partial charge in [-0.25, -0.2) is 23.5 Å². The molecule has 0 bridgehead atoms. The van der Waals surface area contributed by atoms with E-state index in [4.69, 9.17) is 16.3 Å². The lowest BCUT2D eigenvalue weighted by molar-refractivity contribution is 0.0395. The molecule has 15 heteroatoms. The monoisotopic (exact) mass is 693 g/mol. The Morgan fingerprint density at radius 2 is 1.96 bits per heavy atom. The fourth-order valence-corrected chi connectivity index (χ4v) is 7.55. The fourth-order valence-electron chi connectivity index (χ4n) is 6.35. The molecule has 248 valence electrons. The summed E-state index contributed by atoms with van der Waals surface area (Å²) in [5.41, 5.74) is 1.74. The van der Waals surface area contributed by atoms with Crippen LogP contribution in [0.3, 0.4) is 0 Å². The molecule has 48 heavy (non-hydrogen) atoms. The number of fused-ring (bicyclic) bond motifs is 2. The van der Waals surface area contributed by atoms with Crippen LogP contribution in [-0.4, -0.2) is 80.2 Å². The maximum atomic E-state index is 14.0. The highest BCUT2D eigenvalue weighted by Crippen LogP contribution is 2.39. The zero-order valence-electron chi connectivity index (χ0n) is 26.2. The molecule has 1 aromatic carbocycles. The number of hydrogen-bond donors (Lipinski definition) is 1. The van der Waals surface area contributed by atoms with E-state index in [1.54, 1.807) is 41.5 Å². The largest absolute Gasteiger partial charge is 0.491 e. The summed E-state index contributed by atoms with van der Waals surface area (Å²) in [6.45, 7) is 5.94. The van der Waals surface area contributed by atoms with Gasteiger partial charge in [-0.3, -0.25) is 19.2 Å². The Balaban J connectivity index is 1.30. The van der Waals surface area contributed by atoms with Gasteiger partial charge in [0.1, 0.15) is 35.6 Å². The van der Waals surface area contributed by atoms with Crippen molar-refractivity contribution in [2.75, 3.05) is 31.1 Å². The standard InChI is InChI=1S/C33H30ClF2N7O4S/c1-17-13-41(14-18(2)43(17)15-27(35)36)31-23(11-37)28-25(12-39-31)40-19(3)42(32(28)44)8-9-47-26-5-4-20(34)10-22(26)21-6-7-38-29-24(33(45)46)16-48-30(21)29/h4-7,10,12,16-18,27H,8-9,13-15H2,1-3H3,(H,45,46)/t17-,18+. The minimum Gasteiger partial charge on any atom is -0.491 e. The molecule has 6 rings (SSSR count). The van der Waals surface area contributed by atoms with Crippen LogP contribution in [0.15, 0.2) is 46.8 Å². The molecule has 1 saturated heterocycles. The molecule has 11 nitrogen and oxygen atoms in total. The second-order valence-corrected chi connectivity index (χ2v) is 12.9. The number of alkyl halides is 2. The zero-order valence-corrected chi connectivity index (χ0v) is 27.7. The summed E-state index contributed by atoms with van der Waals surface area (Å²) in [6.07, 6.45) is 0.543. The van der Waals surface area contributed by atoms with Gasteiger partial charge in [-0.2, -0.15) is 5.26 Å². The smallest absolute Gasteiger partial charge is 0.338 e. The molecule has 1 aliphatic heterocycles. The van der Waals surface area contributed by atoms with Crippen LogP contribution in [-0.2, 0) is 6.54 Å². The van der Waals surface area contributed by atoms with Crippen LogP contribution in [0.1, 0.15) is 35.6 Å². The van der Waals surface area contributed by atoms with Crippen molar-refractivity contribution in [2.45, 2.75) is 45.8 Å². The number of pyridine rings is 2. The minimum atomic E-state index is -2.46. The van der Waals surface area contributed by atoms with Crippen LogP contribution in [0.4, 0.5) is 14.6 Å². The average Bonchev–Trinajstić information content (AvgIpc) is 3.49. The van der Waals surface area contributed by atoms with Gasteiger partial charge in [0, 0.05) is 52.9 Å². The Morgan fingerprint density at radius 1 is 1.21 bits per heavy atom. The Hall–Kier alpha value is -4.71. The van der Waals surface area contributed by atoms with Gasteiger partial charge in [0.25, 0.3) is 12.0 Å². The minimum absolute atomic E-state index is 0.0581. The topological polar surface area (TPSA) is 137 Å².